The van der Waals surface area contributed by atoms with Crippen molar-refractivity contribution in [3.63, 3.8) is 0 Å². The van der Waals surface area contributed by atoms with E-state index < -0.39 is 0 Å². The highest BCUT2D eigenvalue weighted by Crippen LogP contribution is 2.72. The van der Waals surface area contributed by atoms with Crippen molar-refractivity contribution in [1.82, 2.24) is 0 Å². The maximum absolute atomic E-state index is 13.1. The second-order valence-electron chi connectivity index (χ2n) is 13.2. The standard InChI is InChI=1S/C30H46O2/c1-19(2)9-11-24(31)20(3)21-13-17-30(8)23-10-12-25-27(4,5)26(32)15-16-28(25,6)22(23)14-18-29(21,30)7/h9,20-21,25H,10-18H2,1-8H3/t20?,21-,25-,28+,29-,30+/m0/s1. The predicted octanol–water partition coefficient (Wildman–Crippen LogP) is 7.87. The van der Waals surface area contributed by atoms with E-state index in [9.17, 15) is 9.59 Å². The molecule has 0 spiro atoms. The Hall–Kier alpha value is -1.18. The Labute approximate surface area is 196 Å². The molecule has 6 atom stereocenters. The Morgan fingerprint density at radius 3 is 2.31 bits per heavy atom. The van der Waals surface area contributed by atoms with Crippen molar-refractivity contribution in [3.8, 4) is 0 Å². The Morgan fingerprint density at radius 1 is 0.969 bits per heavy atom. The summed E-state index contributed by atoms with van der Waals surface area (Å²) in [6.07, 6.45) is 11.5. The van der Waals surface area contributed by atoms with Crippen LogP contribution in [0.4, 0.5) is 0 Å². The number of carbonyl (C=O) groups excluding carboxylic acids is 2. The van der Waals surface area contributed by atoms with Crippen LogP contribution >= 0.6 is 0 Å². The first-order valence-electron chi connectivity index (χ1n) is 13.2. The molecule has 0 aromatic heterocycles. The molecule has 0 N–H and O–H groups in total. The van der Waals surface area contributed by atoms with Crippen molar-refractivity contribution in [1.29, 1.82) is 0 Å². The van der Waals surface area contributed by atoms with Gasteiger partial charge in [-0.05, 0) is 86.9 Å². The zero-order valence-electron chi connectivity index (χ0n) is 22.0. The van der Waals surface area contributed by atoms with Gasteiger partial charge < -0.3 is 0 Å². The van der Waals surface area contributed by atoms with Gasteiger partial charge in [-0.3, -0.25) is 9.59 Å². The van der Waals surface area contributed by atoms with Gasteiger partial charge in [0.05, 0.1) is 0 Å². The molecule has 4 aliphatic carbocycles. The summed E-state index contributed by atoms with van der Waals surface area (Å²) < 4.78 is 0. The molecule has 0 heterocycles. The number of allylic oxidation sites excluding steroid dienone is 4. The van der Waals surface area contributed by atoms with Crippen LogP contribution in [0, 0.1) is 39.4 Å². The van der Waals surface area contributed by atoms with Crippen LogP contribution in [0.25, 0.3) is 0 Å². The first-order chi connectivity index (χ1) is 14.8. The molecule has 4 rings (SSSR count). The number of carbonyl (C=O) groups is 2. The number of hydrogen-bond acceptors (Lipinski definition) is 2. The van der Waals surface area contributed by atoms with Crippen molar-refractivity contribution < 1.29 is 9.59 Å². The van der Waals surface area contributed by atoms with Gasteiger partial charge in [-0.1, -0.05) is 64.3 Å². The summed E-state index contributed by atoms with van der Waals surface area (Å²) in [4.78, 5) is 25.9. The molecule has 2 heteroatoms. The van der Waals surface area contributed by atoms with E-state index in [0.29, 0.717) is 29.8 Å². The highest BCUT2D eigenvalue weighted by molar-refractivity contribution is 5.86. The molecule has 0 bridgehead atoms. The third-order valence-corrected chi connectivity index (χ3v) is 11.4. The van der Waals surface area contributed by atoms with Gasteiger partial charge in [0.2, 0.25) is 0 Å². The van der Waals surface area contributed by atoms with E-state index in [4.69, 9.17) is 0 Å². The van der Waals surface area contributed by atoms with E-state index in [-0.39, 0.29) is 27.6 Å². The van der Waals surface area contributed by atoms with Gasteiger partial charge >= 0.3 is 0 Å². The van der Waals surface area contributed by atoms with E-state index in [1.54, 1.807) is 11.1 Å². The second kappa shape index (κ2) is 7.67. The fourth-order valence-corrected chi connectivity index (χ4v) is 9.05. The lowest BCUT2D eigenvalue weighted by Gasteiger charge is -2.60. The maximum atomic E-state index is 13.1. The number of ketones is 2. The Morgan fingerprint density at radius 2 is 1.66 bits per heavy atom. The van der Waals surface area contributed by atoms with Gasteiger partial charge in [-0.2, -0.15) is 0 Å². The Kier molecular flexibility index (Phi) is 5.74. The smallest absolute Gasteiger partial charge is 0.139 e. The summed E-state index contributed by atoms with van der Waals surface area (Å²) in [5.41, 5.74) is 5.08. The van der Waals surface area contributed by atoms with Crippen LogP contribution in [-0.2, 0) is 9.59 Å². The van der Waals surface area contributed by atoms with Crippen molar-refractivity contribution in [3.05, 3.63) is 22.8 Å². The number of rotatable bonds is 4. The SMILES string of the molecule is CC(C)=CCC(=O)C(C)[C@@H]1CC[C@]2(C)C3=C(CC[C@@]12C)[C@@]1(C)CCC(=O)C(C)(C)[C@@H]1CC3. The first kappa shape index (κ1) is 24.0. The molecule has 4 aliphatic rings. The largest absolute Gasteiger partial charge is 0.299 e. The molecule has 0 radical (unpaired) electrons. The van der Waals surface area contributed by atoms with Crippen molar-refractivity contribution in [2.24, 2.45) is 39.4 Å². The van der Waals surface area contributed by atoms with E-state index >= 15 is 0 Å². The van der Waals surface area contributed by atoms with Crippen LogP contribution in [0.1, 0.15) is 113 Å². The minimum Gasteiger partial charge on any atom is -0.299 e. The van der Waals surface area contributed by atoms with Crippen molar-refractivity contribution >= 4 is 11.6 Å². The summed E-state index contributed by atoms with van der Waals surface area (Å²) in [5, 5.41) is 0. The lowest BCUT2D eigenvalue weighted by molar-refractivity contribution is -0.139. The topological polar surface area (TPSA) is 34.1 Å². The summed E-state index contributed by atoms with van der Waals surface area (Å²) in [6, 6.07) is 0. The van der Waals surface area contributed by atoms with Gasteiger partial charge in [-0.25, -0.2) is 0 Å². The lowest BCUT2D eigenvalue weighted by Crippen LogP contribution is -2.54. The normalized spacial score (nSPS) is 41.4. The molecule has 0 saturated heterocycles. The minimum atomic E-state index is -0.197. The van der Waals surface area contributed by atoms with E-state index in [2.05, 4.69) is 61.5 Å². The Balaban J connectivity index is 1.68. The first-order valence-corrected chi connectivity index (χ1v) is 13.2. The van der Waals surface area contributed by atoms with E-state index in [0.717, 1.165) is 25.7 Å². The molecular formula is C30H46O2. The van der Waals surface area contributed by atoms with E-state index in [1.165, 1.54) is 31.3 Å². The predicted molar refractivity (Wildman–Crippen MR) is 132 cm³/mol. The zero-order chi connectivity index (χ0) is 23.7. The number of hydrogen-bond donors (Lipinski definition) is 0. The molecule has 0 aromatic carbocycles. The van der Waals surface area contributed by atoms with Crippen LogP contribution in [0.2, 0.25) is 0 Å². The van der Waals surface area contributed by atoms with Crippen LogP contribution in [0.3, 0.4) is 0 Å². The second-order valence-corrected chi connectivity index (χ2v) is 13.2. The Bertz CT molecular complexity index is 885. The van der Waals surface area contributed by atoms with Crippen LogP contribution < -0.4 is 0 Å². The molecule has 0 aromatic rings. The maximum Gasteiger partial charge on any atom is 0.139 e. The van der Waals surface area contributed by atoms with Crippen LogP contribution in [-0.4, -0.2) is 11.6 Å². The van der Waals surface area contributed by atoms with Gasteiger partial charge in [0, 0.05) is 24.2 Å². The summed E-state index contributed by atoms with van der Waals surface area (Å²) >= 11 is 0. The average Bonchev–Trinajstić information content (AvgIpc) is 3.00. The zero-order valence-corrected chi connectivity index (χ0v) is 22.0. The number of fused-ring (bicyclic) bond motifs is 4. The third kappa shape index (κ3) is 3.17. The lowest BCUT2D eigenvalue weighted by atomic mass is 9.43. The van der Waals surface area contributed by atoms with Crippen LogP contribution in [0.5, 0.6) is 0 Å². The quantitative estimate of drug-likeness (QED) is 0.418. The third-order valence-electron chi connectivity index (χ3n) is 11.4. The monoisotopic (exact) mass is 438 g/mol. The van der Waals surface area contributed by atoms with Gasteiger partial charge in [0.1, 0.15) is 11.6 Å². The van der Waals surface area contributed by atoms with Crippen molar-refractivity contribution in [2.45, 2.75) is 113 Å². The van der Waals surface area contributed by atoms with Gasteiger partial charge in [0.15, 0.2) is 0 Å². The average molecular weight is 439 g/mol. The molecule has 0 aliphatic heterocycles. The minimum absolute atomic E-state index is 0.137. The van der Waals surface area contributed by atoms with E-state index in [1.807, 2.05) is 0 Å². The molecule has 0 amide bonds. The summed E-state index contributed by atoms with van der Waals surface area (Å²) in [5.74, 6) is 1.99. The van der Waals surface area contributed by atoms with Crippen LogP contribution in [0.15, 0.2) is 22.8 Å². The molecular weight excluding hydrogens is 392 g/mol. The highest BCUT2D eigenvalue weighted by atomic mass is 16.1. The fourth-order valence-electron chi connectivity index (χ4n) is 9.05. The fraction of sp³-hybridized carbons (Fsp3) is 0.800. The molecule has 2 fully saturated rings. The molecule has 1 unspecified atom stereocenters. The molecule has 2 saturated carbocycles. The summed E-state index contributed by atoms with van der Waals surface area (Å²) in [6.45, 7) is 18.3. The molecule has 2 nitrogen and oxygen atoms in total. The van der Waals surface area contributed by atoms with Crippen molar-refractivity contribution in [2.75, 3.05) is 0 Å². The summed E-state index contributed by atoms with van der Waals surface area (Å²) in [7, 11) is 0. The molecule has 32 heavy (non-hydrogen) atoms. The van der Waals surface area contributed by atoms with Gasteiger partial charge in [0.25, 0.3) is 0 Å². The van der Waals surface area contributed by atoms with Gasteiger partial charge in [-0.15, -0.1) is 0 Å². The number of Topliss-reactive ketones (excluding diaryl/α,β-unsaturated/α-hetero) is 2. The highest BCUT2D eigenvalue weighted by Gasteiger charge is 2.63. The molecule has 178 valence electrons.